The fraction of sp³-hybridized carbons (Fsp3) is 0.250. The van der Waals surface area contributed by atoms with E-state index < -0.39 is 0 Å². The van der Waals surface area contributed by atoms with Gasteiger partial charge in [-0.1, -0.05) is 0 Å². The highest BCUT2D eigenvalue weighted by Crippen LogP contribution is 2.36. The number of nitrogens with two attached hydrogens (primary N) is 3. The van der Waals surface area contributed by atoms with Gasteiger partial charge in [0.1, 0.15) is 0 Å². The van der Waals surface area contributed by atoms with Crippen LogP contribution in [0.3, 0.4) is 0 Å². The molecule has 0 aliphatic rings. The molecule has 0 spiro atoms. The van der Waals surface area contributed by atoms with Crippen molar-refractivity contribution in [3.8, 4) is 11.1 Å². The summed E-state index contributed by atoms with van der Waals surface area (Å²) in [4.78, 5) is 0. The highest BCUT2D eigenvalue weighted by atomic mass is 15.2. The first-order valence-corrected chi connectivity index (χ1v) is 6.60. The summed E-state index contributed by atoms with van der Waals surface area (Å²) in [6.45, 7) is 8.01. The van der Waals surface area contributed by atoms with Crippen molar-refractivity contribution in [2.24, 2.45) is 5.84 Å². The van der Waals surface area contributed by atoms with Crippen molar-refractivity contribution >= 4 is 17.1 Å². The molecule has 0 atom stereocenters. The lowest BCUT2D eigenvalue weighted by atomic mass is 9.93. The summed E-state index contributed by atoms with van der Waals surface area (Å²) >= 11 is 0. The van der Waals surface area contributed by atoms with Crippen LogP contribution in [0.5, 0.6) is 0 Å². The van der Waals surface area contributed by atoms with Crippen molar-refractivity contribution in [1.82, 2.24) is 0 Å². The van der Waals surface area contributed by atoms with Gasteiger partial charge in [0, 0.05) is 16.9 Å². The van der Waals surface area contributed by atoms with Crippen molar-refractivity contribution in [2.45, 2.75) is 27.7 Å². The SMILES string of the molecule is Cc1cc(-c2cc(C)c(NN)c(C)c2N)cc(C)c1N. The zero-order chi connectivity index (χ0) is 15.0. The largest absolute Gasteiger partial charge is 0.398 e. The Morgan fingerprint density at radius 1 is 0.800 bits per heavy atom. The van der Waals surface area contributed by atoms with E-state index in [-0.39, 0.29) is 0 Å². The van der Waals surface area contributed by atoms with Gasteiger partial charge in [0.15, 0.2) is 0 Å². The second-order valence-electron chi connectivity index (χ2n) is 5.32. The molecule has 4 heteroatoms. The molecule has 7 N–H and O–H groups in total. The van der Waals surface area contributed by atoms with E-state index in [4.69, 9.17) is 17.3 Å². The van der Waals surface area contributed by atoms with Crippen molar-refractivity contribution in [3.63, 3.8) is 0 Å². The summed E-state index contributed by atoms with van der Waals surface area (Å²) in [5.74, 6) is 5.56. The highest BCUT2D eigenvalue weighted by Gasteiger charge is 2.13. The van der Waals surface area contributed by atoms with E-state index in [0.29, 0.717) is 0 Å². The molecule has 0 heterocycles. The molecule has 20 heavy (non-hydrogen) atoms. The molecule has 2 aromatic carbocycles. The summed E-state index contributed by atoms with van der Waals surface area (Å²) in [6.07, 6.45) is 0. The van der Waals surface area contributed by atoms with Gasteiger partial charge in [0.25, 0.3) is 0 Å². The normalized spacial score (nSPS) is 10.7. The highest BCUT2D eigenvalue weighted by molar-refractivity contribution is 5.85. The van der Waals surface area contributed by atoms with Crippen LogP contribution in [0.25, 0.3) is 11.1 Å². The minimum absolute atomic E-state index is 0.743. The zero-order valence-corrected chi connectivity index (χ0v) is 12.5. The van der Waals surface area contributed by atoms with E-state index in [1.165, 1.54) is 0 Å². The van der Waals surface area contributed by atoms with Gasteiger partial charge in [0.05, 0.1) is 5.69 Å². The number of hydrogen-bond acceptors (Lipinski definition) is 4. The number of aryl methyl sites for hydroxylation is 3. The van der Waals surface area contributed by atoms with Gasteiger partial charge < -0.3 is 16.9 Å². The number of hydrazine groups is 1. The van der Waals surface area contributed by atoms with Gasteiger partial charge >= 0.3 is 0 Å². The van der Waals surface area contributed by atoms with Crippen molar-refractivity contribution in [1.29, 1.82) is 0 Å². The van der Waals surface area contributed by atoms with Crippen LogP contribution in [0.15, 0.2) is 18.2 Å². The van der Waals surface area contributed by atoms with Crippen LogP contribution in [0.2, 0.25) is 0 Å². The molecule has 0 fully saturated rings. The summed E-state index contributed by atoms with van der Waals surface area (Å²) in [6, 6.07) is 6.20. The van der Waals surface area contributed by atoms with Gasteiger partial charge in [0.2, 0.25) is 0 Å². The number of benzene rings is 2. The van der Waals surface area contributed by atoms with E-state index in [1.54, 1.807) is 0 Å². The Labute approximate surface area is 119 Å². The average molecular weight is 270 g/mol. The number of nitrogen functional groups attached to an aromatic ring is 3. The summed E-state index contributed by atoms with van der Waals surface area (Å²) in [5.41, 5.74) is 23.7. The van der Waals surface area contributed by atoms with Crippen LogP contribution in [-0.2, 0) is 0 Å². The van der Waals surface area contributed by atoms with Crippen LogP contribution in [0, 0.1) is 27.7 Å². The molecule has 0 aromatic heterocycles. The lowest BCUT2D eigenvalue weighted by molar-refractivity contribution is 1.27. The molecule has 2 rings (SSSR count). The molecular formula is C16H22N4. The van der Waals surface area contributed by atoms with Gasteiger partial charge in [-0.25, -0.2) is 0 Å². The molecule has 0 aliphatic carbocycles. The third-order valence-electron chi connectivity index (χ3n) is 3.87. The average Bonchev–Trinajstić information content (AvgIpc) is 2.40. The Hall–Kier alpha value is -2.20. The smallest absolute Gasteiger partial charge is 0.0564 e. The van der Waals surface area contributed by atoms with E-state index in [0.717, 1.165) is 50.4 Å². The minimum Gasteiger partial charge on any atom is -0.398 e. The molecular weight excluding hydrogens is 248 g/mol. The van der Waals surface area contributed by atoms with Crippen LogP contribution >= 0.6 is 0 Å². The molecule has 0 saturated carbocycles. The Bertz CT molecular complexity index is 652. The first kappa shape index (κ1) is 14.2. The van der Waals surface area contributed by atoms with Crippen LogP contribution in [-0.4, -0.2) is 0 Å². The Kier molecular flexibility index (Phi) is 3.59. The van der Waals surface area contributed by atoms with E-state index >= 15 is 0 Å². The monoisotopic (exact) mass is 270 g/mol. The molecule has 0 aliphatic heterocycles. The first-order chi connectivity index (χ1) is 9.36. The molecule has 0 radical (unpaired) electrons. The Morgan fingerprint density at radius 2 is 1.35 bits per heavy atom. The van der Waals surface area contributed by atoms with Gasteiger partial charge in [-0.15, -0.1) is 0 Å². The fourth-order valence-electron chi connectivity index (χ4n) is 2.59. The molecule has 0 saturated heterocycles. The fourth-order valence-corrected chi connectivity index (χ4v) is 2.59. The summed E-state index contributed by atoms with van der Waals surface area (Å²) in [7, 11) is 0. The number of nitrogens with one attached hydrogen (secondary N) is 1. The maximum atomic E-state index is 6.27. The number of anilines is 3. The predicted molar refractivity (Wildman–Crippen MR) is 87.5 cm³/mol. The standard InChI is InChI=1S/C16H22N4/c1-8-5-12(6-9(2)14(8)17)13-7-10(3)16(20-19)11(4)15(13)18/h5-7,20H,17-19H2,1-4H3. The van der Waals surface area contributed by atoms with E-state index in [9.17, 15) is 0 Å². The second-order valence-corrected chi connectivity index (χ2v) is 5.32. The van der Waals surface area contributed by atoms with Crippen molar-refractivity contribution < 1.29 is 0 Å². The van der Waals surface area contributed by atoms with E-state index in [1.807, 2.05) is 27.7 Å². The van der Waals surface area contributed by atoms with Gasteiger partial charge in [-0.3, -0.25) is 5.84 Å². The third-order valence-corrected chi connectivity index (χ3v) is 3.87. The van der Waals surface area contributed by atoms with Gasteiger partial charge in [-0.05, 0) is 73.7 Å². The van der Waals surface area contributed by atoms with Crippen molar-refractivity contribution in [2.75, 3.05) is 16.9 Å². The number of hydrogen-bond donors (Lipinski definition) is 4. The molecule has 0 bridgehead atoms. The molecule has 2 aromatic rings. The second kappa shape index (κ2) is 5.06. The van der Waals surface area contributed by atoms with Crippen LogP contribution in [0.1, 0.15) is 22.3 Å². The first-order valence-electron chi connectivity index (χ1n) is 6.60. The lowest BCUT2D eigenvalue weighted by Gasteiger charge is -2.17. The molecule has 4 nitrogen and oxygen atoms in total. The predicted octanol–water partition coefficient (Wildman–Crippen LogP) is 3.04. The van der Waals surface area contributed by atoms with E-state index in [2.05, 4.69) is 23.6 Å². The molecule has 106 valence electrons. The quantitative estimate of drug-likeness (QED) is 0.383. The Morgan fingerprint density at radius 3 is 1.85 bits per heavy atom. The minimum atomic E-state index is 0.743. The Balaban J connectivity index is 2.71. The van der Waals surface area contributed by atoms with Crippen LogP contribution < -0.4 is 22.7 Å². The topological polar surface area (TPSA) is 90.1 Å². The molecule has 0 amide bonds. The number of rotatable bonds is 2. The van der Waals surface area contributed by atoms with Crippen LogP contribution in [0.4, 0.5) is 17.1 Å². The summed E-state index contributed by atoms with van der Waals surface area (Å²) in [5, 5.41) is 0. The van der Waals surface area contributed by atoms with Crippen molar-refractivity contribution in [3.05, 3.63) is 40.5 Å². The lowest BCUT2D eigenvalue weighted by Crippen LogP contribution is -2.11. The molecule has 0 unspecified atom stereocenters. The summed E-state index contributed by atoms with van der Waals surface area (Å²) < 4.78 is 0. The maximum Gasteiger partial charge on any atom is 0.0564 e. The van der Waals surface area contributed by atoms with Gasteiger partial charge in [-0.2, -0.15) is 0 Å². The zero-order valence-electron chi connectivity index (χ0n) is 12.5. The third kappa shape index (κ3) is 2.18. The maximum absolute atomic E-state index is 6.27.